The van der Waals surface area contributed by atoms with Crippen LogP contribution in [0.2, 0.25) is 0 Å². The zero-order valence-corrected chi connectivity index (χ0v) is 19.1. The molecule has 2 nitrogen and oxygen atoms in total. The highest BCUT2D eigenvalue weighted by molar-refractivity contribution is 6.10. The van der Waals surface area contributed by atoms with E-state index < -0.39 is 0 Å². The number of rotatable bonds is 3. The fraction of sp³-hybridized carbons (Fsp3) is 0.129. The minimum Gasteiger partial charge on any atom is -0.456 e. The third-order valence-electron chi connectivity index (χ3n) is 6.91. The maximum atomic E-state index is 6.19. The third-order valence-corrected chi connectivity index (χ3v) is 6.91. The van der Waals surface area contributed by atoms with E-state index in [2.05, 4.69) is 112 Å². The van der Waals surface area contributed by atoms with Gasteiger partial charge in [-0.15, -0.1) is 0 Å². The Labute approximate surface area is 193 Å². The summed E-state index contributed by atoms with van der Waals surface area (Å²) >= 11 is 0. The van der Waals surface area contributed by atoms with Crippen LogP contribution in [-0.2, 0) is 5.41 Å². The first kappa shape index (κ1) is 19.8. The van der Waals surface area contributed by atoms with Gasteiger partial charge in [0.05, 0.1) is 5.69 Å². The number of aryl methyl sites for hydroxylation is 1. The van der Waals surface area contributed by atoms with E-state index in [-0.39, 0.29) is 5.41 Å². The van der Waals surface area contributed by atoms with Gasteiger partial charge >= 0.3 is 0 Å². The zero-order valence-electron chi connectivity index (χ0n) is 19.1. The maximum Gasteiger partial charge on any atom is 0.136 e. The molecule has 2 heteroatoms. The maximum absolute atomic E-state index is 6.19. The number of furan rings is 1. The predicted octanol–water partition coefficient (Wildman–Crippen LogP) is 8.44. The topological polar surface area (TPSA) is 26.0 Å². The molecule has 0 aliphatic heterocycles. The van der Waals surface area contributed by atoms with E-state index in [1.165, 1.54) is 27.5 Å². The molecule has 0 fully saturated rings. The van der Waals surface area contributed by atoms with Gasteiger partial charge in [-0.1, -0.05) is 68.4 Å². The van der Waals surface area contributed by atoms with Gasteiger partial charge in [-0.05, 0) is 70.8 Å². The lowest BCUT2D eigenvalue weighted by atomic mass is 9.76. The second-order valence-corrected chi connectivity index (χ2v) is 9.38. The summed E-state index contributed by atoms with van der Waals surface area (Å²) in [7, 11) is 0. The summed E-state index contributed by atoms with van der Waals surface area (Å²) in [5, 5.41) is 4.68. The monoisotopic (exact) mass is 427 g/mol. The SMILES string of the molecule is Cc1cnc(-c2ccc3oc4cc5ccccc5cc4c3c2)cc1C(C)(C)c1ccccc1. The van der Waals surface area contributed by atoms with Crippen LogP contribution in [0, 0.1) is 6.92 Å². The molecule has 33 heavy (non-hydrogen) atoms. The van der Waals surface area contributed by atoms with Crippen LogP contribution < -0.4 is 0 Å². The molecule has 0 unspecified atom stereocenters. The lowest BCUT2D eigenvalue weighted by Crippen LogP contribution is -2.20. The largest absolute Gasteiger partial charge is 0.456 e. The van der Waals surface area contributed by atoms with Gasteiger partial charge in [-0.25, -0.2) is 0 Å². The highest BCUT2D eigenvalue weighted by atomic mass is 16.3. The van der Waals surface area contributed by atoms with Gasteiger partial charge < -0.3 is 4.42 Å². The Morgan fingerprint density at radius 1 is 0.697 bits per heavy atom. The normalized spacial score (nSPS) is 12.1. The first-order chi connectivity index (χ1) is 16.0. The van der Waals surface area contributed by atoms with E-state index in [1.54, 1.807) is 0 Å². The van der Waals surface area contributed by atoms with Crippen LogP contribution in [0.4, 0.5) is 0 Å². The van der Waals surface area contributed by atoms with Gasteiger partial charge in [0.15, 0.2) is 0 Å². The van der Waals surface area contributed by atoms with Crippen molar-refractivity contribution < 1.29 is 4.42 Å². The van der Waals surface area contributed by atoms with Crippen molar-refractivity contribution in [2.24, 2.45) is 0 Å². The molecule has 2 aromatic heterocycles. The van der Waals surface area contributed by atoms with Crippen LogP contribution in [-0.4, -0.2) is 4.98 Å². The van der Waals surface area contributed by atoms with E-state index in [1.807, 2.05) is 6.20 Å². The van der Waals surface area contributed by atoms with E-state index in [4.69, 9.17) is 9.40 Å². The van der Waals surface area contributed by atoms with E-state index in [0.29, 0.717) is 0 Å². The number of hydrogen-bond acceptors (Lipinski definition) is 2. The molecule has 0 saturated carbocycles. The molecule has 0 aliphatic rings. The smallest absolute Gasteiger partial charge is 0.136 e. The van der Waals surface area contributed by atoms with E-state index in [9.17, 15) is 0 Å². The molecule has 0 N–H and O–H groups in total. The quantitative estimate of drug-likeness (QED) is 0.283. The lowest BCUT2D eigenvalue weighted by molar-refractivity contribution is 0.635. The van der Waals surface area contributed by atoms with Crippen molar-refractivity contribution in [3.8, 4) is 11.3 Å². The molecule has 2 heterocycles. The van der Waals surface area contributed by atoms with Crippen molar-refractivity contribution >= 4 is 32.7 Å². The summed E-state index contributed by atoms with van der Waals surface area (Å²) in [6.07, 6.45) is 2.00. The summed E-state index contributed by atoms with van der Waals surface area (Å²) in [5.74, 6) is 0. The van der Waals surface area contributed by atoms with Crippen LogP contribution in [0.5, 0.6) is 0 Å². The molecule has 6 rings (SSSR count). The minimum atomic E-state index is -0.117. The summed E-state index contributed by atoms with van der Waals surface area (Å²) < 4.78 is 6.19. The van der Waals surface area contributed by atoms with Crippen LogP contribution in [0.25, 0.3) is 44.0 Å². The molecule has 160 valence electrons. The molecular formula is C31H25NO. The Balaban J connectivity index is 1.51. The van der Waals surface area contributed by atoms with Gasteiger partial charge in [0.25, 0.3) is 0 Å². The van der Waals surface area contributed by atoms with Gasteiger partial charge in [0, 0.05) is 27.9 Å². The van der Waals surface area contributed by atoms with Crippen LogP contribution >= 0.6 is 0 Å². The Morgan fingerprint density at radius 3 is 2.18 bits per heavy atom. The minimum absolute atomic E-state index is 0.117. The first-order valence-electron chi connectivity index (χ1n) is 11.4. The molecular weight excluding hydrogens is 402 g/mol. The summed E-state index contributed by atoms with van der Waals surface area (Å²) in [5.41, 5.74) is 7.59. The van der Waals surface area contributed by atoms with Crippen LogP contribution in [0.1, 0.15) is 30.5 Å². The standard InChI is InChI=1S/C31H25NO/c1-20-19-32-28(18-27(20)31(2,3)24-11-5-4-6-12-24)23-13-14-29-25(16-23)26-15-21-9-7-8-10-22(21)17-30(26)33-29/h4-19H,1-3H3. The highest BCUT2D eigenvalue weighted by Gasteiger charge is 2.25. The molecule has 0 radical (unpaired) electrons. The summed E-state index contributed by atoms with van der Waals surface area (Å²) in [6.45, 7) is 6.72. The first-order valence-corrected chi connectivity index (χ1v) is 11.4. The second-order valence-electron chi connectivity index (χ2n) is 9.38. The van der Waals surface area contributed by atoms with Crippen molar-refractivity contribution in [2.45, 2.75) is 26.2 Å². The van der Waals surface area contributed by atoms with Crippen molar-refractivity contribution in [3.63, 3.8) is 0 Å². The number of fused-ring (bicyclic) bond motifs is 4. The van der Waals surface area contributed by atoms with Gasteiger partial charge in [0.1, 0.15) is 11.2 Å². The molecule has 4 aromatic carbocycles. The molecule has 0 saturated heterocycles. The van der Waals surface area contributed by atoms with Crippen LogP contribution in [0.3, 0.4) is 0 Å². The molecule has 0 bridgehead atoms. The summed E-state index contributed by atoms with van der Waals surface area (Å²) in [6, 6.07) is 32.1. The zero-order chi connectivity index (χ0) is 22.6. The van der Waals surface area contributed by atoms with E-state index >= 15 is 0 Å². The van der Waals surface area contributed by atoms with Gasteiger partial charge in [-0.3, -0.25) is 4.98 Å². The van der Waals surface area contributed by atoms with Gasteiger partial charge in [0.2, 0.25) is 0 Å². The number of nitrogens with zero attached hydrogens (tertiary/aromatic N) is 1. The number of benzene rings is 4. The number of hydrogen-bond donors (Lipinski definition) is 0. The highest BCUT2D eigenvalue weighted by Crippen LogP contribution is 2.37. The predicted molar refractivity (Wildman–Crippen MR) is 138 cm³/mol. The number of aromatic nitrogens is 1. The Kier molecular flexibility index (Phi) is 4.38. The third kappa shape index (κ3) is 3.22. The number of pyridine rings is 1. The van der Waals surface area contributed by atoms with Gasteiger partial charge in [-0.2, -0.15) is 0 Å². The van der Waals surface area contributed by atoms with Crippen molar-refractivity contribution in [2.75, 3.05) is 0 Å². The molecule has 6 aromatic rings. The fourth-order valence-corrected chi connectivity index (χ4v) is 4.99. The van der Waals surface area contributed by atoms with Crippen molar-refractivity contribution in [3.05, 3.63) is 114 Å². The Morgan fingerprint density at radius 2 is 1.39 bits per heavy atom. The average molecular weight is 428 g/mol. The van der Waals surface area contributed by atoms with Crippen molar-refractivity contribution in [1.29, 1.82) is 0 Å². The molecule has 0 spiro atoms. The van der Waals surface area contributed by atoms with Crippen LogP contribution in [0.15, 0.2) is 102 Å². The molecule has 0 atom stereocenters. The second kappa shape index (κ2) is 7.31. The van der Waals surface area contributed by atoms with E-state index in [0.717, 1.165) is 33.2 Å². The summed E-state index contributed by atoms with van der Waals surface area (Å²) in [4.78, 5) is 4.81. The Hall–Kier alpha value is -3.91. The fourth-order valence-electron chi connectivity index (χ4n) is 4.99. The average Bonchev–Trinajstić information content (AvgIpc) is 3.20. The Bertz CT molecular complexity index is 1640. The molecule has 0 aliphatic carbocycles. The lowest BCUT2D eigenvalue weighted by Gasteiger charge is -2.28. The molecule has 0 amide bonds. The van der Waals surface area contributed by atoms with Crippen molar-refractivity contribution in [1.82, 2.24) is 4.98 Å².